The molecule has 0 aliphatic rings. The number of carboxylic acid groups (broad SMARTS) is 1. The molecule has 0 spiro atoms. The molecule has 2 aromatic rings. The number of rotatable bonds is 5. The van der Waals surface area contributed by atoms with Gasteiger partial charge in [0.2, 0.25) is 5.82 Å². The van der Waals surface area contributed by atoms with Crippen LogP contribution in [-0.4, -0.2) is 21.0 Å². The minimum absolute atomic E-state index is 0.0742. The van der Waals surface area contributed by atoms with Crippen molar-refractivity contribution in [2.24, 2.45) is 0 Å². The molecule has 0 amide bonds. The predicted octanol–water partition coefficient (Wildman–Crippen LogP) is 2.95. The van der Waals surface area contributed by atoms with E-state index < -0.39 is 10.9 Å². The van der Waals surface area contributed by atoms with E-state index in [1.54, 1.807) is 12.1 Å². The zero-order valence-corrected chi connectivity index (χ0v) is 11.4. The number of nitrogens with one attached hydrogen (secondary N) is 1. The fourth-order valence-corrected chi connectivity index (χ4v) is 1.86. The molecular formula is C13H10ClN3O4. The highest BCUT2D eigenvalue weighted by Crippen LogP contribution is 2.25. The van der Waals surface area contributed by atoms with E-state index in [1.807, 2.05) is 0 Å². The van der Waals surface area contributed by atoms with E-state index in [0.717, 1.165) is 0 Å². The smallest absolute Gasteiger partial charge is 0.335 e. The highest BCUT2D eigenvalue weighted by molar-refractivity contribution is 6.30. The monoisotopic (exact) mass is 307 g/mol. The summed E-state index contributed by atoms with van der Waals surface area (Å²) >= 11 is 5.67. The third-order valence-corrected chi connectivity index (χ3v) is 2.87. The average Bonchev–Trinajstić information content (AvgIpc) is 2.46. The predicted molar refractivity (Wildman–Crippen MR) is 76.6 cm³/mol. The van der Waals surface area contributed by atoms with Gasteiger partial charge in [0.05, 0.1) is 15.5 Å². The Morgan fingerprint density at radius 1 is 1.43 bits per heavy atom. The lowest BCUT2D eigenvalue weighted by molar-refractivity contribution is -0.384. The maximum absolute atomic E-state index is 10.9. The van der Waals surface area contributed by atoms with E-state index in [9.17, 15) is 14.9 Å². The Bertz CT molecular complexity index is 706. The number of halogens is 1. The molecule has 2 rings (SSSR count). The van der Waals surface area contributed by atoms with E-state index in [4.69, 9.17) is 16.7 Å². The van der Waals surface area contributed by atoms with Crippen molar-refractivity contribution >= 4 is 29.1 Å². The number of aromatic carboxylic acids is 1. The Labute approximate surface area is 124 Å². The number of hydrogen-bond acceptors (Lipinski definition) is 5. The highest BCUT2D eigenvalue weighted by Gasteiger charge is 2.15. The molecule has 1 heterocycles. The number of hydrogen-bond donors (Lipinski definition) is 2. The molecule has 0 unspecified atom stereocenters. The quantitative estimate of drug-likeness (QED) is 0.650. The number of aromatic nitrogens is 1. The molecule has 0 aliphatic heterocycles. The zero-order valence-electron chi connectivity index (χ0n) is 10.6. The molecule has 0 aliphatic carbocycles. The van der Waals surface area contributed by atoms with Crippen LogP contribution in [0.4, 0.5) is 11.5 Å². The number of pyridine rings is 1. The maximum atomic E-state index is 10.9. The van der Waals surface area contributed by atoms with Crippen molar-refractivity contribution in [3.63, 3.8) is 0 Å². The molecule has 0 radical (unpaired) electrons. The molecule has 1 aromatic heterocycles. The summed E-state index contributed by atoms with van der Waals surface area (Å²) in [5, 5.41) is 22.8. The molecule has 0 saturated heterocycles. The Morgan fingerprint density at radius 2 is 2.19 bits per heavy atom. The normalized spacial score (nSPS) is 10.1. The summed E-state index contributed by atoms with van der Waals surface area (Å²) in [5.41, 5.74) is 0.575. The molecular weight excluding hydrogens is 298 g/mol. The van der Waals surface area contributed by atoms with E-state index in [1.165, 1.54) is 24.4 Å². The molecule has 0 atom stereocenters. The van der Waals surface area contributed by atoms with Crippen molar-refractivity contribution in [1.29, 1.82) is 0 Å². The fourth-order valence-electron chi connectivity index (χ4n) is 1.70. The van der Waals surface area contributed by atoms with E-state index in [-0.39, 0.29) is 28.6 Å². The number of benzene rings is 1. The number of anilines is 1. The van der Waals surface area contributed by atoms with Crippen molar-refractivity contribution in [3.05, 3.63) is 62.8 Å². The number of nitrogens with zero attached hydrogens (tertiary/aromatic N) is 2. The van der Waals surface area contributed by atoms with E-state index >= 15 is 0 Å². The Kier molecular flexibility index (Phi) is 4.34. The van der Waals surface area contributed by atoms with Crippen LogP contribution in [0, 0.1) is 10.1 Å². The van der Waals surface area contributed by atoms with Gasteiger partial charge in [0.25, 0.3) is 0 Å². The molecule has 0 saturated carbocycles. The second kappa shape index (κ2) is 6.19. The van der Waals surface area contributed by atoms with Crippen molar-refractivity contribution in [1.82, 2.24) is 4.98 Å². The first-order chi connectivity index (χ1) is 9.97. The molecule has 108 valence electrons. The van der Waals surface area contributed by atoms with Crippen LogP contribution in [0.3, 0.4) is 0 Å². The standard InChI is InChI=1S/C13H10ClN3O4/c14-10-5-11(17(20)21)12(16-7-10)15-6-8-2-1-3-9(4-8)13(18)19/h1-5,7H,6H2,(H,15,16)(H,18,19). The van der Waals surface area contributed by atoms with Gasteiger partial charge in [-0.05, 0) is 17.7 Å². The summed E-state index contributed by atoms with van der Waals surface area (Å²) in [4.78, 5) is 25.1. The Morgan fingerprint density at radius 3 is 2.86 bits per heavy atom. The highest BCUT2D eigenvalue weighted by atomic mass is 35.5. The third kappa shape index (κ3) is 3.67. The summed E-state index contributed by atoms with van der Waals surface area (Å²) in [7, 11) is 0. The van der Waals surface area contributed by atoms with Crippen molar-refractivity contribution in [2.75, 3.05) is 5.32 Å². The van der Waals surface area contributed by atoms with Gasteiger partial charge in [0.15, 0.2) is 0 Å². The molecule has 21 heavy (non-hydrogen) atoms. The van der Waals surface area contributed by atoms with Crippen LogP contribution in [0.15, 0.2) is 36.5 Å². The van der Waals surface area contributed by atoms with Gasteiger partial charge in [-0.3, -0.25) is 10.1 Å². The molecule has 2 N–H and O–H groups in total. The number of nitro groups is 1. The largest absolute Gasteiger partial charge is 0.478 e. The van der Waals surface area contributed by atoms with Crippen molar-refractivity contribution < 1.29 is 14.8 Å². The Hall–Kier alpha value is -2.67. The fraction of sp³-hybridized carbons (Fsp3) is 0.0769. The lowest BCUT2D eigenvalue weighted by Crippen LogP contribution is -2.05. The van der Waals surface area contributed by atoms with Crippen LogP contribution < -0.4 is 5.32 Å². The molecule has 0 bridgehead atoms. The topological polar surface area (TPSA) is 105 Å². The number of carboxylic acids is 1. The number of carbonyl (C=O) groups is 1. The molecule has 0 fully saturated rings. The summed E-state index contributed by atoms with van der Waals surface area (Å²) in [6.07, 6.45) is 1.30. The Balaban J connectivity index is 2.18. The SMILES string of the molecule is O=C(O)c1cccc(CNc2ncc(Cl)cc2[N+](=O)[O-])c1. The van der Waals surface area contributed by atoms with Gasteiger partial charge in [-0.15, -0.1) is 0 Å². The van der Waals surface area contributed by atoms with Crippen LogP contribution >= 0.6 is 11.6 Å². The van der Waals surface area contributed by atoms with Crippen LogP contribution in [0.25, 0.3) is 0 Å². The zero-order chi connectivity index (χ0) is 15.4. The van der Waals surface area contributed by atoms with Gasteiger partial charge in [-0.1, -0.05) is 23.7 Å². The summed E-state index contributed by atoms with van der Waals surface area (Å²) in [5.74, 6) is -0.961. The van der Waals surface area contributed by atoms with Gasteiger partial charge in [-0.2, -0.15) is 0 Å². The second-order valence-electron chi connectivity index (χ2n) is 4.14. The van der Waals surface area contributed by atoms with Crippen LogP contribution in [-0.2, 0) is 6.54 Å². The minimum atomic E-state index is -1.03. The molecule has 7 nitrogen and oxygen atoms in total. The molecule has 1 aromatic carbocycles. The van der Waals surface area contributed by atoms with Gasteiger partial charge >= 0.3 is 11.7 Å². The van der Waals surface area contributed by atoms with Gasteiger partial charge < -0.3 is 10.4 Å². The third-order valence-electron chi connectivity index (χ3n) is 2.66. The van der Waals surface area contributed by atoms with Crippen LogP contribution in [0.5, 0.6) is 0 Å². The average molecular weight is 308 g/mol. The first-order valence-corrected chi connectivity index (χ1v) is 6.21. The van der Waals surface area contributed by atoms with Gasteiger partial charge in [-0.25, -0.2) is 9.78 Å². The van der Waals surface area contributed by atoms with Gasteiger partial charge in [0, 0.05) is 18.8 Å². The van der Waals surface area contributed by atoms with E-state index in [0.29, 0.717) is 5.56 Å². The minimum Gasteiger partial charge on any atom is -0.478 e. The lowest BCUT2D eigenvalue weighted by Gasteiger charge is -2.07. The lowest BCUT2D eigenvalue weighted by atomic mass is 10.1. The van der Waals surface area contributed by atoms with E-state index in [2.05, 4.69) is 10.3 Å². The maximum Gasteiger partial charge on any atom is 0.335 e. The summed E-state index contributed by atoms with van der Waals surface area (Å²) in [6.45, 7) is 0.205. The van der Waals surface area contributed by atoms with Crippen LogP contribution in [0.1, 0.15) is 15.9 Å². The van der Waals surface area contributed by atoms with Crippen LogP contribution in [0.2, 0.25) is 5.02 Å². The summed E-state index contributed by atoms with van der Waals surface area (Å²) < 4.78 is 0. The van der Waals surface area contributed by atoms with Gasteiger partial charge in [0.1, 0.15) is 0 Å². The second-order valence-corrected chi connectivity index (χ2v) is 4.57. The van der Waals surface area contributed by atoms with Crippen molar-refractivity contribution in [2.45, 2.75) is 6.54 Å². The first kappa shape index (κ1) is 14.7. The first-order valence-electron chi connectivity index (χ1n) is 5.83. The molecule has 8 heteroatoms. The summed E-state index contributed by atoms with van der Waals surface area (Å²) in [6, 6.07) is 7.46. The van der Waals surface area contributed by atoms with Crippen molar-refractivity contribution in [3.8, 4) is 0 Å².